The van der Waals surface area contributed by atoms with Crippen LogP contribution in [0.5, 0.6) is 0 Å². The van der Waals surface area contributed by atoms with Crippen molar-refractivity contribution >= 4 is 27.7 Å². The Labute approximate surface area is 98.6 Å². The van der Waals surface area contributed by atoms with Crippen molar-refractivity contribution in [3.05, 3.63) is 22.9 Å². The Balaban J connectivity index is 3.32. The molecule has 0 aromatic carbocycles. The Bertz CT molecular complexity index is 413. The molecular formula is C9H9BrF2N2O2. The minimum absolute atomic E-state index is 0.0218. The van der Waals surface area contributed by atoms with Crippen molar-refractivity contribution < 1.29 is 18.7 Å². The highest BCUT2D eigenvalue weighted by molar-refractivity contribution is 9.08. The number of nitrogens with zero attached hydrogens (tertiary/aromatic N) is 1. The third-order valence-electron chi connectivity index (χ3n) is 1.95. The van der Waals surface area contributed by atoms with Gasteiger partial charge in [-0.25, -0.2) is 13.8 Å². The number of halogens is 3. The topological polar surface area (TPSA) is 76.2 Å². The molecule has 1 aromatic heterocycles. The van der Waals surface area contributed by atoms with Crippen molar-refractivity contribution in [2.24, 2.45) is 0 Å². The van der Waals surface area contributed by atoms with Crippen molar-refractivity contribution in [3.63, 3.8) is 0 Å². The molecule has 1 rings (SSSR count). The first-order chi connectivity index (χ1) is 7.45. The minimum atomic E-state index is -2.77. The molecule has 0 spiro atoms. The fourth-order valence-electron chi connectivity index (χ4n) is 1.33. The maximum atomic E-state index is 12.7. The van der Waals surface area contributed by atoms with E-state index in [9.17, 15) is 13.6 Å². The zero-order valence-corrected chi connectivity index (χ0v) is 9.67. The SMILES string of the molecule is Nc1cc(C(F)F)c(CC(=O)O)c(CBr)n1. The quantitative estimate of drug-likeness (QED) is 0.834. The second-order valence-electron chi connectivity index (χ2n) is 3.07. The van der Waals surface area contributed by atoms with Crippen LogP contribution in [0.2, 0.25) is 0 Å². The van der Waals surface area contributed by atoms with Crippen LogP contribution in [0, 0.1) is 0 Å². The molecule has 88 valence electrons. The summed E-state index contributed by atoms with van der Waals surface area (Å²) in [4.78, 5) is 14.4. The van der Waals surface area contributed by atoms with Gasteiger partial charge < -0.3 is 10.8 Å². The number of nitrogen functional groups attached to an aromatic ring is 1. The van der Waals surface area contributed by atoms with Gasteiger partial charge in [0.1, 0.15) is 5.82 Å². The van der Waals surface area contributed by atoms with E-state index in [0.29, 0.717) is 0 Å². The zero-order valence-electron chi connectivity index (χ0n) is 8.08. The number of hydrogen-bond donors (Lipinski definition) is 2. The summed E-state index contributed by atoms with van der Waals surface area (Å²) in [7, 11) is 0. The van der Waals surface area contributed by atoms with E-state index in [1.807, 2.05) is 0 Å². The maximum absolute atomic E-state index is 12.7. The number of nitrogens with two attached hydrogens (primary N) is 1. The summed E-state index contributed by atoms with van der Waals surface area (Å²) in [6.45, 7) is 0. The fraction of sp³-hybridized carbons (Fsp3) is 0.333. The number of aliphatic carboxylic acids is 1. The van der Waals surface area contributed by atoms with E-state index in [4.69, 9.17) is 10.8 Å². The van der Waals surface area contributed by atoms with Crippen LogP contribution >= 0.6 is 15.9 Å². The Morgan fingerprint density at radius 3 is 2.69 bits per heavy atom. The van der Waals surface area contributed by atoms with Gasteiger partial charge >= 0.3 is 5.97 Å². The van der Waals surface area contributed by atoms with Gasteiger partial charge in [-0.3, -0.25) is 4.79 Å². The third kappa shape index (κ3) is 2.88. The highest BCUT2D eigenvalue weighted by Crippen LogP contribution is 2.28. The number of pyridine rings is 1. The molecule has 0 saturated carbocycles. The lowest BCUT2D eigenvalue weighted by Gasteiger charge is -2.11. The molecule has 1 heterocycles. The maximum Gasteiger partial charge on any atom is 0.307 e. The molecule has 0 bridgehead atoms. The van der Waals surface area contributed by atoms with Crippen molar-refractivity contribution in [2.45, 2.75) is 18.2 Å². The molecule has 16 heavy (non-hydrogen) atoms. The number of aromatic nitrogens is 1. The van der Waals surface area contributed by atoms with Crippen LogP contribution in [0.25, 0.3) is 0 Å². The number of anilines is 1. The monoisotopic (exact) mass is 294 g/mol. The Hall–Kier alpha value is -1.24. The van der Waals surface area contributed by atoms with E-state index in [2.05, 4.69) is 20.9 Å². The van der Waals surface area contributed by atoms with E-state index in [1.54, 1.807) is 0 Å². The van der Waals surface area contributed by atoms with Crippen LogP contribution < -0.4 is 5.73 Å². The van der Waals surface area contributed by atoms with Gasteiger partial charge in [-0.1, -0.05) is 15.9 Å². The van der Waals surface area contributed by atoms with Crippen molar-refractivity contribution in [1.29, 1.82) is 0 Å². The highest BCUT2D eigenvalue weighted by Gasteiger charge is 2.20. The first-order valence-electron chi connectivity index (χ1n) is 4.29. The van der Waals surface area contributed by atoms with E-state index >= 15 is 0 Å². The predicted molar refractivity (Wildman–Crippen MR) is 57.6 cm³/mol. The van der Waals surface area contributed by atoms with Gasteiger partial charge in [-0.2, -0.15) is 0 Å². The molecule has 0 amide bonds. The van der Waals surface area contributed by atoms with E-state index in [1.165, 1.54) is 0 Å². The lowest BCUT2D eigenvalue weighted by Crippen LogP contribution is -2.10. The summed E-state index contributed by atoms with van der Waals surface area (Å²) in [5.41, 5.74) is 5.24. The number of hydrogen-bond acceptors (Lipinski definition) is 3. The van der Waals surface area contributed by atoms with Gasteiger partial charge in [0.25, 0.3) is 6.43 Å². The summed E-state index contributed by atoms with van der Waals surface area (Å²) in [6.07, 6.45) is -3.26. The number of alkyl halides is 3. The van der Waals surface area contributed by atoms with Crippen molar-refractivity contribution in [2.75, 3.05) is 5.73 Å². The molecule has 4 nitrogen and oxygen atoms in total. The average molecular weight is 295 g/mol. The van der Waals surface area contributed by atoms with Gasteiger partial charge in [-0.15, -0.1) is 0 Å². The second kappa shape index (κ2) is 5.20. The van der Waals surface area contributed by atoms with Crippen molar-refractivity contribution in [3.8, 4) is 0 Å². The molecule has 0 aliphatic rings. The average Bonchev–Trinajstić information content (AvgIpc) is 2.19. The lowest BCUT2D eigenvalue weighted by atomic mass is 10.0. The first-order valence-corrected chi connectivity index (χ1v) is 5.42. The Morgan fingerprint density at radius 1 is 1.62 bits per heavy atom. The standard InChI is InChI=1S/C9H9BrF2N2O2/c10-3-6-4(2-8(15)16)5(9(11)12)1-7(13)14-6/h1,9H,2-3H2,(H2,13,14)(H,15,16). The summed E-state index contributed by atoms with van der Waals surface area (Å²) in [6, 6.07) is 1.01. The van der Waals surface area contributed by atoms with Gasteiger partial charge in [0.15, 0.2) is 0 Å². The normalized spacial score (nSPS) is 10.8. The number of carboxylic acid groups (broad SMARTS) is 1. The first kappa shape index (κ1) is 12.8. The van der Waals surface area contributed by atoms with Crippen LogP contribution in [0.1, 0.15) is 23.2 Å². The molecular weight excluding hydrogens is 286 g/mol. The molecule has 0 radical (unpaired) electrons. The molecule has 1 aromatic rings. The molecule has 7 heteroatoms. The second-order valence-corrected chi connectivity index (χ2v) is 3.63. The summed E-state index contributed by atoms with van der Waals surface area (Å²) >= 11 is 3.06. The highest BCUT2D eigenvalue weighted by atomic mass is 79.9. The van der Waals surface area contributed by atoms with Gasteiger partial charge in [-0.05, 0) is 11.6 Å². The molecule has 3 N–H and O–H groups in total. The third-order valence-corrected chi connectivity index (χ3v) is 2.49. The lowest BCUT2D eigenvalue weighted by molar-refractivity contribution is -0.136. The Kier molecular flexibility index (Phi) is 4.17. The molecule has 0 aliphatic heterocycles. The molecule has 0 unspecified atom stereocenters. The molecule has 0 fully saturated rings. The smallest absolute Gasteiger partial charge is 0.307 e. The minimum Gasteiger partial charge on any atom is -0.481 e. The van der Waals surface area contributed by atoms with Gasteiger partial charge in [0, 0.05) is 10.9 Å². The van der Waals surface area contributed by atoms with E-state index < -0.39 is 18.8 Å². The van der Waals surface area contributed by atoms with Crippen molar-refractivity contribution in [1.82, 2.24) is 4.98 Å². The van der Waals surface area contributed by atoms with Crippen LogP contribution in [-0.2, 0) is 16.5 Å². The molecule has 0 atom stereocenters. The summed E-state index contributed by atoms with van der Waals surface area (Å²) < 4.78 is 25.4. The zero-order chi connectivity index (χ0) is 12.3. The summed E-state index contributed by atoms with van der Waals surface area (Å²) in [5.74, 6) is -1.23. The molecule has 0 saturated heterocycles. The van der Waals surface area contributed by atoms with Crippen LogP contribution in [0.15, 0.2) is 6.07 Å². The fourth-order valence-corrected chi connectivity index (χ4v) is 1.79. The Morgan fingerprint density at radius 2 is 2.25 bits per heavy atom. The number of carboxylic acids is 1. The van der Waals surface area contributed by atoms with Crippen LogP contribution in [-0.4, -0.2) is 16.1 Å². The largest absolute Gasteiger partial charge is 0.481 e. The van der Waals surface area contributed by atoms with Crippen LogP contribution in [0.3, 0.4) is 0 Å². The van der Waals surface area contributed by atoms with Gasteiger partial charge in [0.05, 0.1) is 12.1 Å². The van der Waals surface area contributed by atoms with Gasteiger partial charge in [0.2, 0.25) is 0 Å². The van der Waals surface area contributed by atoms with E-state index in [-0.39, 0.29) is 28.0 Å². The molecule has 0 aliphatic carbocycles. The number of rotatable bonds is 4. The van der Waals surface area contributed by atoms with Crippen LogP contribution in [0.4, 0.5) is 14.6 Å². The summed E-state index contributed by atoms with van der Waals surface area (Å²) in [5, 5.41) is 8.82. The van der Waals surface area contributed by atoms with E-state index in [0.717, 1.165) is 6.07 Å². The predicted octanol–water partition coefficient (Wildman–Crippen LogP) is 2.12. The number of carbonyl (C=O) groups is 1.